The maximum atomic E-state index is 12.1. The number of benzene rings is 1. The molecule has 1 N–H and O–H groups in total. The SMILES string of the molecule is CCc1c(C)sc(NC(=O)C=Cc2ccccc2)c1C(=O)OC. The van der Waals surface area contributed by atoms with Gasteiger partial charge in [0.05, 0.1) is 12.7 Å². The summed E-state index contributed by atoms with van der Waals surface area (Å²) in [5, 5.41) is 3.32. The molecule has 0 bridgehead atoms. The second kappa shape index (κ2) is 7.74. The number of anilines is 1. The number of rotatable bonds is 5. The summed E-state index contributed by atoms with van der Waals surface area (Å²) in [6.45, 7) is 3.91. The Morgan fingerprint density at radius 2 is 1.96 bits per heavy atom. The smallest absolute Gasteiger partial charge is 0.341 e. The van der Waals surface area contributed by atoms with Gasteiger partial charge in [-0.15, -0.1) is 11.3 Å². The van der Waals surface area contributed by atoms with Crippen LogP contribution in [-0.4, -0.2) is 19.0 Å². The Morgan fingerprint density at radius 3 is 2.57 bits per heavy atom. The normalized spacial score (nSPS) is 10.7. The van der Waals surface area contributed by atoms with E-state index in [1.807, 2.05) is 44.2 Å². The molecule has 0 atom stereocenters. The molecule has 0 saturated carbocycles. The van der Waals surface area contributed by atoms with Gasteiger partial charge in [-0.25, -0.2) is 4.79 Å². The number of nitrogens with one attached hydrogen (secondary N) is 1. The van der Waals surface area contributed by atoms with E-state index in [-0.39, 0.29) is 5.91 Å². The quantitative estimate of drug-likeness (QED) is 0.665. The molecule has 4 nitrogen and oxygen atoms in total. The summed E-state index contributed by atoms with van der Waals surface area (Å²) in [7, 11) is 1.34. The van der Waals surface area contributed by atoms with Gasteiger partial charge in [-0.05, 0) is 30.5 Å². The van der Waals surface area contributed by atoms with Crippen LogP contribution in [0.3, 0.4) is 0 Å². The molecule has 0 aliphatic heterocycles. The number of aryl methyl sites for hydroxylation is 1. The molecule has 1 heterocycles. The van der Waals surface area contributed by atoms with Crippen molar-refractivity contribution >= 4 is 34.3 Å². The Bertz CT molecular complexity index is 732. The molecule has 23 heavy (non-hydrogen) atoms. The van der Waals surface area contributed by atoms with Gasteiger partial charge in [-0.1, -0.05) is 37.3 Å². The Morgan fingerprint density at radius 1 is 1.26 bits per heavy atom. The molecule has 0 aliphatic rings. The average Bonchev–Trinajstić information content (AvgIpc) is 2.88. The fraction of sp³-hybridized carbons (Fsp3) is 0.222. The van der Waals surface area contributed by atoms with Crippen LogP contribution in [0.4, 0.5) is 5.00 Å². The molecule has 1 aromatic heterocycles. The number of carbonyl (C=O) groups is 2. The molecule has 0 radical (unpaired) electrons. The first-order valence-corrected chi connectivity index (χ1v) is 8.13. The highest BCUT2D eigenvalue weighted by molar-refractivity contribution is 7.16. The fourth-order valence-corrected chi connectivity index (χ4v) is 3.44. The number of amides is 1. The maximum Gasteiger partial charge on any atom is 0.341 e. The van der Waals surface area contributed by atoms with Crippen molar-refractivity contribution in [3.8, 4) is 0 Å². The lowest BCUT2D eigenvalue weighted by molar-refractivity contribution is -0.111. The van der Waals surface area contributed by atoms with Crippen molar-refractivity contribution in [2.75, 3.05) is 12.4 Å². The van der Waals surface area contributed by atoms with E-state index in [0.717, 1.165) is 16.0 Å². The molecule has 2 rings (SSSR count). The number of hydrogen-bond acceptors (Lipinski definition) is 4. The lowest BCUT2D eigenvalue weighted by atomic mass is 10.1. The van der Waals surface area contributed by atoms with Gasteiger partial charge >= 0.3 is 5.97 Å². The highest BCUT2D eigenvalue weighted by Crippen LogP contribution is 2.34. The van der Waals surface area contributed by atoms with Crippen LogP contribution in [0, 0.1) is 6.92 Å². The molecular weight excluding hydrogens is 310 g/mol. The zero-order valence-electron chi connectivity index (χ0n) is 13.4. The number of thiophene rings is 1. The minimum absolute atomic E-state index is 0.275. The Labute approximate surface area is 139 Å². The largest absolute Gasteiger partial charge is 0.465 e. The molecular formula is C18H19NO3S. The summed E-state index contributed by atoms with van der Waals surface area (Å²) < 4.78 is 4.84. The summed E-state index contributed by atoms with van der Waals surface area (Å²) in [4.78, 5) is 25.1. The van der Waals surface area contributed by atoms with E-state index in [4.69, 9.17) is 4.74 Å². The highest BCUT2D eigenvalue weighted by Gasteiger charge is 2.22. The third-order valence-electron chi connectivity index (χ3n) is 3.42. The van der Waals surface area contributed by atoms with Gasteiger partial charge < -0.3 is 10.1 Å². The summed E-state index contributed by atoms with van der Waals surface area (Å²) in [5.41, 5.74) is 2.32. The first-order valence-electron chi connectivity index (χ1n) is 7.31. The molecule has 120 valence electrons. The minimum Gasteiger partial charge on any atom is -0.465 e. The third kappa shape index (κ3) is 4.07. The Kier molecular flexibility index (Phi) is 5.71. The molecule has 0 unspecified atom stereocenters. The van der Waals surface area contributed by atoms with Crippen molar-refractivity contribution < 1.29 is 14.3 Å². The summed E-state index contributed by atoms with van der Waals surface area (Å²) in [6, 6.07) is 9.55. The van der Waals surface area contributed by atoms with Crippen LogP contribution in [0.5, 0.6) is 0 Å². The van der Waals surface area contributed by atoms with Crippen molar-refractivity contribution in [3.63, 3.8) is 0 Å². The summed E-state index contributed by atoms with van der Waals surface area (Å²) in [5.74, 6) is -0.698. The first-order chi connectivity index (χ1) is 11.1. The highest BCUT2D eigenvalue weighted by atomic mass is 32.1. The lowest BCUT2D eigenvalue weighted by Crippen LogP contribution is -2.12. The monoisotopic (exact) mass is 329 g/mol. The zero-order valence-corrected chi connectivity index (χ0v) is 14.2. The molecule has 0 aliphatic carbocycles. The van der Waals surface area contributed by atoms with E-state index >= 15 is 0 Å². The predicted octanol–water partition coefficient (Wildman–Crippen LogP) is 4.06. The minimum atomic E-state index is -0.423. The van der Waals surface area contributed by atoms with Crippen LogP contribution in [-0.2, 0) is 16.0 Å². The maximum absolute atomic E-state index is 12.1. The van der Waals surface area contributed by atoms with E-state index in [9.17, 15) is 9.59 Å². The van der Waals surface area contributed by atoms with Crippen LogP contribution in [0.2, 0.25) is 0 Å². The topological polar surface area (TPSA) is 55.4 Å². The molecule has 0 spiro atoms. The molecule has 1 aromatic carbocycles. The second-order valence-corrected chi connectivity index (χ2v) is 6.14. The van der Waals surface area contributed by atoms with Gasteiger partial charge in [0.15, 0.2) is 0 Å². The molecule has 0 saturated heterocycles. The summed E-state index contributed by atoms with van der Waals surface area (Å²) >= 11 is 1.39. The van der Waals surface area contributed by atoms with Crippen LogP contribution < -0.4 is 5.32 Å². The van der Waals surface area contributed by atoms with Gasteiger partial charge in [-0.2, -0.15) is 0 Å². The van der Waals surface area contributed by atoms with E-state index in [0.29, 0.717) is 17.0 Å². The van der Waals surface area contributed by atoms with Crippen molar-refractivity contribution in [2.24, 2.45) is 0 Å². The number of ether oxygens (including phenoxy) is 1. The molecule has 0 fully saturated rings. The molecule has 2 aromatic rings. The Hall–Kier alpha value is -2.40. The predicted molar refractivity (Wildman–Crippen MR) is 93.9 cm³/mol. The van der Waals surface area contributed by atoms with Gasteiger partial charge in [-0.3, -0.25) is 4.79 Å². The molecule has 5 heteroatoms. The lowest BCUT2D eigenvalue weighted by Gasteiger charge is -2.05. The first kappa shape index (κ1) is 17.0. The van der Waals surface area contributed by atoms with Crippen molar-refractivity contribution in [1.29, 1.82) is 0 Å². The van der Waals surface area contributed by atoms with Gasteiger partial charge in [0.1, 0.15) is 5.00 Å². The van der Waals surface area contributed by atoms with E-state index in [1.54, 1.807) is 6.08 Å². The number of esters is 1. The Balaban J connectivity index is 2.21. The van der Waals surface area contributed by atoms with Gasteiger partial charge in [0, 0.05) is 11.0 Å². The van der Waals surface area contributed by atoms with Crippen LogP contribution >= 0.6 is 11.3 Å². The van der Waals surface area contributed by atoms with Crippen molar-refractivity contribution in [1.82, 2.24) is 0 Å². The standard InChI is InChI=1S/C18H19NO3S/c1-4-14-12(2)23-17(16(14)18(21)22-3)19-15(20)11-10-13-8-6-5-7-9-13/h5-11H,4H2,1-3H3,(H,19,20). The van der Waals surface area contributed by atoms with Crippen LogP contribution in [0.1, 0.15) is 33.3 Å². The third-order valence-corrected chi connectivity index (χ3v) is 4.48. The second-order valence-electron chi connectivity index (χ2n) is 4.92. The number of carbonyl (C=O) groups excluding carboxylic acids is 2. The van der Waals surface area contributed by atoms with Crippen LogP contribution in [0.25, 0.3) is 6.08 Å². The zero-order chi connectivity index (χ0) is 16.8. The number of methoxy groups -OCH3 is 1. The number of hydrogen-bond donors (Lipinski definition) is 1. The van der Waals surface area contributed by atoms with Crippen LogP contribution in [0.15, 0.2) is 36.4 Å². The van der Waals surface area contributed by atoms with Gasteiger partial charge in [0.2, 0.25) is 5.91 Å². The molecule has 1 amide bonds. The van der Waals surface area contributed by atoms with Crippen molar-refractivity contribution in [2.45, 2.75) is 20.3 Å². The fourth-order valence-electron chi connectivity index (χ4n) is 2.30. The van der Waals surface area contributed by atoms with Crippen molar-refractivity contribution in [3.05, 3.63) is 58.0 Å². The van der Waals surface area contributed by atoms with E-state index in [1.165, 1.54) is 24.5 Å². The average molecular weight is 329 g/mol. The summed E-state index contributed by atoms with van der Waals surface area (Å²) in [6.07, 6.45) is 3.90. The van der Waals surface area contributed by atoms with E-state index < -0.39 is 5.97 Å². The van der Waals surface area contributed by atoms with E-state index in [2.05, 4.69) is 5.32 Å². The van der Waals surface area contributed by atoms with Gasteiger partial charge in [0.25, 0.3) is 0 Å².